The summed E-state index contributed by atoms with van der Waals surface area (Å²) in [7, 11) is 0. The molecule has 0 aromatic carbocycles. The standard InChI is InChI=1S/C13H18N6/c1-9-11(14)17-13(10-2-3-10)18-12(9)16-5-7-19-6-4-15-8-19/h4,6,8,10H,2-3,5,7H2,1H3,(H3,14,16,17,18). The van der Waals surface area contributed by atoms with E-state index in [1.54, 1.807) is 12.5 Å². The van der Waals surface area contributed by atoms with E-state index in [4.69, 9.17) is 5.73 Å². The molecule has 3 N–H and O–H groups in total. The van der Waals surface area contributed by atoms with Gasteiger partial charge in [0.25, 0.3) is 0 Å². The Kier molecular flexibility index (Phi) is 3.06. The molecule has 6 heteroatoms. The highest BCUT2D eigenvalue weighted by molar-refractivity contribution is 5.55. The lowest BCUT2D eigenvalue weighted by Crippen LogP contribution is -2.13. The molecule has 0 aliphatic heterocycles. The quantitative estimate of drug-likeness (QED) is 0.850. The Morgan fingerprint density at radius 3 is 2.95 bits per heavy atom. The topological polar surface area (TPSA) is 81.6 Å². The number of aromatic nitrogens is 4. The first-order valence-electron chi connectivity index (χ1n) is 6.57. The molecule has 2 aromatic rings. The fourth-order valence-corrected chi connectivity index (χ4v) is 1.97. The predicted octanol–water partition coefficient (Wildman–Crippen LogP) is 1.55. The molecule has 0 spiro atoms. The lowest BCUT2D eigenvalue weighted by Gasteiger charge is -2.12. The molecule has 0 radical (unpaired) electrons. The Bertz CT molecular complexity index is 559. The summed E-state index contributed by atoms with van der Waals surface area (Å²) in [6.07, 6.45) is 7.88. The Labute approximate surface area is 112 Å². The third-order valence-electron chi connectivity index (χ3n) is 3.36. The van der Waals surface area contributed by atoms with Crippen LogP contribution in [-0.2, 0) is 6.54 Å². The second-order valence-electron chi connectivity index (χ2n) is 4.94. The van der Waals surface area contributed by atoms with Gasteiger partial charge < -0.3 is 15.6 Å². The summed E-state index contributed by atoms with van der Waals surface area (Å²) >= 11 is 0. The highest BCUT2D eigenvalue weighted by Gasteiger charge is 2.27. The van der Waals surface area contributed by atoms with Gasteiger partial charge in [-0.3, -0.25) is 0 Å². The molecule has 0 saturated heterocycles. The van der Waals surface area contributed by atoms with E-state index in [9.17, 15) is 0 Å². The molecule has 2 aromatic heterocycles. The van der Waals surface area contributed by atoms with Crippen molar-refractivity contribution >= 4 is 11.6 Å². The molecule has 0 atom stereocenters. The van der Waals surface area contributed by atoms with Crippen LogP contribution in [0.1, 0.15) is 30.1 Å². The van der Waals surface area contributed by atoms with E-state index < -0.39 is 0 Å². The summed E-state index contributed by atoms with van der Waals surface area (Å²) < 4.78 is 2.02. The number of hydrogen-bond acceptors (Lipinski definition) is 5. The van der Waals surface area contributed by atoms with Crippen LogP contribution >= 0.6 is 0 Å². The number of rotatable bonds is 5. The van der Waals surface area contributed by atoms with Crippen molar-refractivity contribution in [2.24, 2.45) is 0 Å². The van der Waals surface area contributed by atoms with E-state index >= 15 is 0 Å². The number of nitrogen functional groups attached to an aromatic ring is 1. The van der Waals surface area contributed by atoms with Gasteiger partial charge in [-0.1, -0.05) is 0 Å². The van der Waals surface area contributed by atoms with Gasteiger partial charge in [0.1, 0.15) is 17.5 Å². The van der Waals surface area contributed by atoms with E-state index in [-0.39, 0.29) is 0 Å². The normalized spacial score (nSPS) is 14.6. The maximum absolute atomic E-state index is 5.95. The molecular formula is C13H18N6. The largest absolute Gasteiger partial charge is 0.383 e. The summed E-state index contributed by atoms with van der Waals surface area (Å²) in [6, 6.07) is 0. The van der Waals surface area contributed by atoms with Crippen molar-refractivity contribution in [3.63, 3.8) is 0 Å². The number of nitrogens with zero attached hydrogens (tertiary/aromatic N) is 4. The van der Waals surface area contributed by atoms with Crippen molar-refractivity contribution in [3.8, 4) is 0 Å². The number of anilines is 2. The maximum atomic E-state index is 5.95. The number of hydrogen-bond donors (Lipinski definition) is 2. The smallest absolute Gasteiger partial charge is 0.136 e. The molecule has 2 heterocycles. The first-order valence-corrected chi connectivity index (χ1v) is 6.57. The zero-order valence-corrected chi connectivity index (χ0v) is 11.0. The number of nitrogens with two attached hydrogens (primary N) is 1. The molecule has 0 amide bonds. The minimum atomic E-state index is 0.511. The monoisotopic (exact) mass is 258 g/mol. The lowest BCUT2D eigenvalue weighted by molar-refractivity contribution is 0.723. The van der Waals surface area contributed by atoms with E-state index in [1.807, 2.05) is 17.7 Å². The van der Waals surface area contributed by atoms with Crippen molar-refractivity contribution in [1.82, 2.24) is 19.5 Å². The van der Waals surface area contributed by atoms with Crippen molar-refractivity contribution in [1.29, 1.82) is 0 Å². The van der Waals surface area contributed by atoms with Crippen LogP contribution in [0.15, 0.2) is 18.7 Å². The molecule has 6 nitrogen and oxygen atoms in total. The van der Waals surface area contributed by atoms with Crippen LogP contribution in [0.3, 0.4) is 0 Å². The summed E-state index contributed by atoms with van der Waals surface area (Å²) in [5.41, 5.74) is 6.87. The summed E-state index contributed by atoms with van der Waals surface area (Å²) in [6.45, 7) is 3.59. The zero-order chi connectivity index (χ0) is 13.2. The average Bonchev–Trinajstić information content (AvgIpc) is 3.12. The van der Waals surface area contributed by atoms with Crippen molar-refractivity contribution in [3.05, 3.63) is 30.1 Å². The molecule has 1 saturated carbocycles. The molecule has 3 rings (SSSR count). The molecule has 0 unspecified atom stereocenters. The van der Waals surface area contributed by atoms with Gasteiger partial charge in [-0.25, -0.2) is 15.0 Å². The Balaban J connectivity index is 1.69. The van der Waals surface area contributed by atoms with Gasteiger partial charge in [0.05, 0.1) is 6.33 Å². The molecule has 100 valence electrons. The van der Waals surface area contributed by atoms with Gasteiger partial charge >= 0.3 is 0 Å². The van der Waals surface area contributed by atoms with Gasteiger partial charge in [-0.05, 0) is 19.8 Å². The van der Waals surface area contributed by atoms with Crippen LogP contribution in [0.5, 0.6) is 0 Å². The van der Waals surface area contributed by atoms with Gasteiger partial charge in [-0.15, -0.1) is 0 Å². The lowest BCUT2D eigenvalue weighted by atomic mass is 10.3. The van der Waals surface area contributed by atoms with Gasteiger partial charge in [-0.2, -0.15) is 0 Å². The molecule has 1 aliphatic rings. The van der Waals surface area contributed by atoms with Gasteiger partial charge in [0.2, 0.25) is 0 Å². The van der Waals surface area contributed by atoms with Crippen molar-refractivity contribution < 1.29 is 0 Å². The van der Waals surface area contributed by atoms with Crippen LogP contribution in [0.4, 0.5) is 11.6 Å². The predicted molar refractivity (Wildman–Crippen MR) is 73.9 cm³/mol. The average molecular weight is 258 g/mol. The highest BCUT2D eigenvalue weighted by Crippen LogP contribution is 2.39. The molecule has 0 bridgehead atoms. The maximum Gasteiger partial charge on any atom is 0.136 e. The van der Waals surface area contributed by atoms with Crippen LogP contribution < -0.4 is 11.1 Å². The van der Waals surface area contributed by atoms with Crippen LogP contribution in [0, 0.1) is 6.92 Å². The highest BCUT2D eigenvalue weighted by atomic mass is 15.1. The molecule has 1 fully saturated rings. The Hall–Kier alpha value is -2.11. The SMILES string of the molecule is Cc1c(N)nc(C2CC2)nc1NCCn1ccnc1. The van der Waals surface area contributed by atoms with E-state index in [0.29, 0.717) is 11.7 Å². The Morgan fingerprint density at radius 2 is 2.26 bits per heavy atom. The molecular weight excluding hydrogens is 240 g/mol. The van der Waals surface area contributed by atoms with Gasteiger partial charge in [0.15, 0.2) is 0 Å². The van der Waals surface area contributed by atoms with Gasteiger partial charge in [0, 0.05) is 37.0 Å². The van der Waals surface area contributed by atoms with Crippen LogP contribution in [0.25, 0.3) is 0 Å². The van der Waals surface area contributed by atoms with E-state index in [1.165, 1.54) is 12.8 Å². The van der Waals surface area contributed by atoms with Crippen LogP contribution in [0.2, 0.25) is 0 Å². The van der Waals surface area contributed by atoms with E-state index in [2.05, 4.69) is 20.3 Å². The molecule has 19 heavy (non-hydrogen) atoms. The zero-order valence-electron chi connectivity index (χ0n) is 11.0. The molecule has 1 aliphatic carbocycles. The fourth-order valence-electron chi connectivity index (χ4n) is 1.97. The Morgan fingerprint density at radius 1 is 1.42 bits per heavy atom. The minimum Gasteiger partial charge on any atom is -0.383 e. The van der Waals surface area contributed by atoms with Crippen LogP contribution in [-0.4, -0.2) is 26.1 Å². The number of imidazole rings is 1. The summed E-state index contributed by atoms with van der Waals surface area (Å²) in [5.74, 6) is 2.84. The number of nitrogens with one attached hydrogen (secondary N) is 1. The fraction of sp³-hybridized carbons (Fsp3) is 0.462. The minimum absolute atomic E-state index is 0.511. The first kappa shape index (κ1) is 12.0. The summed E-state index contributed by atoms with van der Waals surface area (Å²) in [5, 5.41) is 3.34. The first-order chi connectivity index (χ1) is 9.24. The third-order valence-corrected chi connectivity index (χ3v) is 3.36. The van der Waals surface area contributed by atoms with Crippen molar-refractivity contribution in [2.45, 2.75) is 32.2 Å². The van der Waals surface area contributed by atoms with Crippen molar-refractivity contribution in [2.75, 3.05) is 17.6 Å². The second kappa shape index (κ2) is 4.87. The third kappa shape index (κ3) is 2.67. The van der Waals surface area contributed by atoms with E-state index in [0.717, 1.165) is 30.3 Å². The second-order valence-corrected chi connectivity index (χ2v) is 4.94. The summed E-state index contributed by atoms with van der Waals surface area (Å²) in [4.78, 5) is 13.0.